The lowest BCUT2D eigenvalue weighted by atomic mass is 10.0. The maximum Gasteiger partial charge on any atom is 0.263 e. The molecule has 1 saturated heterocycles. The van der Waals surface area contributed by atoms with E-state index in [9.17, 15) is 14.0 Å². The van der Waals surface area contributed by atoms with Crippen molar-refractivity contribution in [2.24, 2.45) is 5.92 Å². The fourth-order valence-corrected chi connectivity index (χ4v) is 4.12. The predicted molar refractivity (Wildman–Crippen MR) is 92.8 cm³/mol. The van der Waals surface area contributed by atoms with E-state index >= 15 is 0 Å². The van der Waals surface area contributed by atoms with Gasteiger partial charge < -0.3 is 10.6 Å². The lowest BCUT2D eigenvalue weighted by Crippen LogP contribution is -2.33. The summed E-state index contributed by atoms with van der Waals surface area (Å²) < 4.78 is 13.5. The van der Waals surface area contributed by atoms with E-state index < -0.39 is 0 Å². The molecule has 0 bridgehead atoms. The summed E-state index contributed by atoms with van der Waals surface area (Å²) in [7, 11) is 0. The van der Waals surface area contributed by atoms with Gasteiger partial charge in [0.05, 0.1) is 12.1 Å². The van der Waals surface area contributed by atoms with Crippen molar-refractivity contribution in [3.05, 3.63) is 40.7 Å². The van der Waals surface area contributed by atoms with E-state index in [1.807, 2.05) is 13.0 Å². The van der Waals surface area contributed by atoms with Crippen LogP contribution >= 0.6 is 11.3 Å². The van der Waals surface area contributed by atoms with E-state index in [1.165, 1.54) is 29.7 Å². The van der Waals surface area contributed by atoms with E-state index in [-0.39, 0.29) is 29.1 Å². The second-order valence-electron chi connectivity index (χ2n) is 6.93. The Morgan fingerprint density at radius 2 is 2.24 bits per heavy atom. The number of aryl methyl sites for hydroxylation is 1. The summed E-state index contributed by atoms with van der Waals surface area (Å²) in [5.41, 5.74) is 1.48. The Morgan fingerprint density at radius 1 is 1.44 bits per heavy atom. The minimum atomic E-state index is -0.322. The van der Waals surface area contributed by atoms with Gasteiger partial charge in [-0.25, -0.2) is 9.37 Å². The van der Waals surface area contributed by atoms with Crippen molar-refractivity contribution in [1.29, 1.82) is 0 Å². The standard InChI is InChI=1S/C18H18FN3O2S/c1-10-4-11(6-13(19)5-10)17-21-9-14(25-17)16(24)20-8-12-7-18(2-3-18)22-15(12)23/h4-6,9,12H,2-3,7-8H2,1H3,(H,20,24)(H,22,23). The van der Waals surface area contributed by atoms with Crippen LogP contribution in [0.15, 0.2) is 24.4 Å². The first-order chi connectivity index (χ1) is 11.9. The van der Waals surface area contributed by atoms with E-state index in [1.54, 1.807) is 0 Å². The van der Waals surface area contributed by atoms with Gasteiger partial charge in [0, 0.05) is 17.6 Å². The molecular weight excluding hydrogens is 341 g/mol. The van der Waals surface area contributed by atoms with Crippen molar-refractivity contribution in [2.75, 3.05) is 6.54 Å². The number of benzene rings is 1. The van der Waals surface area contributed by atoms with E-state index in [0.29, 0.717) is 22.0 Å². The number of nitrogens with zero attached hydrogens (tertiary/aromatic N) is 1. The lowest BCUT2D eigenvalue weighted by molar-refractivity contribution is -0.122. The molecule has 1 atom stereocenters. The van der Waals surface area contributed by atoms with Crippen LogP contribution in [0.4, 0.5) is 4.39 Å². The van der Waals surface area contributed by atoms with Crippen LogP contribution in [0, 0.1) is 18.7 Å². The van der Waals surface area contributed by atoms with Crippen LogP contribution in [-0.4, -0.2) is 28.9 Å². The second-order valence-corrected chi connectivity index (χ2v) is 7.96. The van der Waals surface area contributed by atoms with Crippen LogP contribution in [0.3, 0.4) is 0 Å². The zero-order valence-corrected chi connectivity index (χ0v) is 14.6. The molecular formula is C18H18FN3O2S. The van der Waals surface area contributed by atoms with Crippen molar-refractivity contribution in [1.82, 2.24) is 15.6 Å². The Bertz CT molecular complexity index is 840. The molecule has 7 heteroatoms. The number of thiazole rings is 1. The van der Waals surface area contributed by atoms with E-state index in [0.717, 1.165) is 24.8 Å². The first kappa shape index (κ1) is 16.2. The van der Waals surface area contributed by atoms with Gasteiger partial charge in [0.25, 0.3) is 5.91 Å². The fourth-order valence-electron chi connectivity index (χ4n) is 3.30. The highest BCUT2D eigenvalue weighted by Gasteiger charge is 2.52. The van der Waals surface area contributed by atoms with Crippen molar-refractivity contribution in [2.45, 2.75) is 31.7 Å². The maximum atomic E-state index is 13.5. The first-order valence-corrected chi connectivity index (χ1v) is 9.09. The summed E-state index contributed by atoms with van der Waals surface area (Å²) >= 11 is 1.22. The molecule has 1 unspecified atom stereocenters. The molecule has 1 aliphatic heterocycles. The summed E-state index contributed by atoms with van der Waals surface area (Å²) in [6.45, 7) is 2.14. The zero-order chi connectivity index (χ0) is 17.6. The van der Waals surface area contributed by atoms with Crippen LogP contribution in [0.1, 0.15) is 34.5 Å². The van der Waals surface area contributed by atoms with Crippen molar-refractivity contribution in [3.63, 3.8) is 0 Å². The molecule has 2 amide bonds. The smallest absolute Gasteiger partial charge is 0.263 e. The molecule has 2 aliphatic rings. The zero-order valence-electron chi connectivity index (χ0n) is 13.8. The van der Waals surface area contributed by atoms with Crippen LogP contribution in [0.5, 0.6) is 0 Å². The van der Waals surface area contributed by atoms with Gasteiger partial charge in [-0.2, -0.15) is 0 Å². The number of halogens is 1. The minimum absolute atomic E-state index is 0.0133. The largest absolute Gasteiger partial charge is 0.350 e. The molecule has 2 N–H and O–H groups in total. The number of aromatic nitrogens is 1. The number of carbonyl (C=O) groups excluding carboxylic acids is 2. The van der Waals surface area contributed by atoms with Crippen molar-refractivity contribution < 1.29 is 14.0 Å². The summed E-state index contributed by atoms with van der Waals surface area (Å²) in [5.74, 6) is -0.707. The Balaban J connectivity index is 1.41. The monoisotopic (exact) mass is 359 g/mol. The summed E-state index contributed by atoms with van der Waals surface area (Å²) in [6, 6.07) is 4.69. The van der Waals surface area contributed by atoms with E-state index in [4.69, 9.17) is 0 Å². The molecule has 2 fully saturated rings. The van der Waals surface area contributed by atoms with Crippen LogP contribution < -0.4 is 10.6 Å². The molecule has 0 radical (unpaired) electrons. The molecule has 2 aromatic rings. The average molecular weight is 359 g/mol. The van der Waals surface area contributed by atoms with Gasteiger partial charge in [-0.1, -0.05) is 0 Å². The quantitative estimate of drug-likeness (QED) is 0.882. The maximum absolute atomic E-state index is 13.5. The number of hydrogen-bond acceptors (Lipinski definition) is 4. The molecule has 1 aromatic heterocycles. The third kappa shape index (κ3) is 3.28. The van der Waals surface area contributed by atoms with E-state index in [2.05, 4.69) is 15.6 Å². The third-order valence-electron chi connectivity index (χ3n) is 4.78. The molecule has 1 saturated carbocycles. The lowest BCUT2D eigenvalue weighted by Gasteiger charge is -2.08. The van der Waals surface area contributed by atoms with Crippen LogP contribution in [-0.2, 0) is 4.79 Å². The molecule has 1 aromatic carbocycles. The summed E-state index contributed by atoms with van der Waals surface area (Å²) in [6.07, 6.45) is 4.36. The molecule has 1 aliphatic carbocycles. The van der Waals surface area contributed by atoms with Gasteiger partial charge >= 0.3 is 0 Å². The Kier molecular flexibility index (Phi) is 3.83. The fraction of sp³-hybridized carbons (Fsp3) is 0.389. The predicted octanol–water partition coefficient (Wildman–Crippen LogP) is 2.66. The highest BCUT2D eigenvalue weighted by atomic mass is 32.1. The highest BCUT2D eigenvalue weighted by Crippen LogP contribution is 2.45. The number of rotatable bonds is 4. The van der Waals surface area contributed by atoms with Crippen molar-refractivity contribution >= 4 is 23.2 Å². The van der Waals surface area contributed by atoms with Crippen LogP contribution in [0.25, 0.3) is 10.6 Å². The Morgan fingerprint density at radius 3 is 2.92 bits per heavy atom. The third-order valence-corrected chi connectivity index (χ3v) is 5.82. The number of hydrogen-bond donors (Lipinski definition) is 2. The van der Waals surface area contributed by atoms with Crippen molar-refractivity contribution in [3.8, 4) is 10.6 Å². The first-order valence-electron chi connectivity index (χ1n) is 8.28. The number of amides is 2. The molecule has 25 heavy (non-hydrogen) atoms. The molecule has 1 spiro atoms. The summed E-state index contributed by atoms with van der Waals surface area (Å²) in [5, 5.41) is 6.44. The number of carbonyl (C=O) groups is 2. The number of nitrogens with one attached hydrogen (secondary N) is 2. The van der Waals surface area contributed by atoms with Gasteiger partial charge in [-0.3, -0.25) is 9.59 Å². The topological polar surface area (TPSA) is 71.1 Å². The Labute approximate surface area is 148 Å². The highest BCUT2D eigenvalue weighted by molar-refractivity contribution is 7.16. The van der Waals surface area contributed by atoms with Gasteiger partial charge in [0.15, 0.2) is 0 Å². The summed E-state index contributed by atoms with van der Waals surface area (Å²) in [4.78, 5) is 28.9. The molecule has 5 nitrogen and oxygen atoms in total. The average Bonchev–Trinajstić information content (AvgIpc) is 3.00. The molecule has 2 heterocycles. The van der Waals surface area contributed by atoms with Gasteiger partial charge in [-0.05, 0) is 49.9 Å². The van der Waals surface area contributed by atoms with Crippen LogP contribution in [0.2, 0.25) is 0 Å². The Hall–Kier alpha value is -2.28. The molecule has 130 valence electrons. The SMILES string of the molecule is Cc1cc(F)cc(-c2ncc(C(=O)NCC3CC4(CC4)NC3=O)s2)c1. The van der Waals surface area contributed by atoms with Gasteiger partial charge in [-0.15, -0.1) is 11.3 Å². The van der Waals surface area contributed by atoms with Gasteiger partial charge in [0.1, 0.15) is 15.7 Å². The normalized spacial score (nSPS) is 20.6. The molecule has 4 rings (SSSR count). The second kappa shape index (κ2) is 5.91. The minimum Gasteiger partial charge on any atom is -0.350 e. The van der Waals surface area contributed by atoms with Gasteiger partial charge in [0.2, 0.25) is 5.91 Å².